The maximum absolute atomic E-state index is 13.2. The Labute approximate surface area is 158 Å². The highest BCUT2D eigenvalue weighted by molar-refractivity contribution is 7.92. The minimum Gasteiger partial charge on any atom is -0.326 e. The van der Waals surface area contributed by atoms with E-state index in [1.807, 2.05) is 18.4 Å². The van der Waals surface area contributed by atoms with E-state index < -0.39 is 22.5 Å². The number of nitrogens with two attached hydrogens (primary N) is 1. The second kappa shape index (κ2) is 8.19. The SMILES string of the molecule is CC(=O)Nc1ccc(S(=O)(=O)N(CC(=O)NN)c2ccc(C)cc2C)cc1. The van der Waals surface area contributed by atoms with E-state index in [0.29, 0.717) is 16.9 Å². The number of benzene rings is 2. The van der Waals surface area contributed by atoms with Gasteiger partial charge < -0.3 is 5.32 Å². The van der Waals surface area contributed by atoms with Crippen molar-refractivity contribution in [3.05, 3.63) is 53.6 Å². The molecule has 0 radical (unpaired) electrons. The molecule has 0 heterocycles. The fourth-order valence-electron chi connectivity index (χ4n) is 2.60. The summed E-state index contributed by atoms with van der Waals surface area (Å²) < 4.78 is 27.4. The molecule has 0 saturated heterocycles. The first kappa shape index (κ1) is 20.4. The molecular formula is C18H22N4O4S. The third kappa shape index (κ3) is 4.83. The number of anilines is 2. The van der Waals surface area contributed by atoms with Crippen LogP contribution in [-0.4, -0.2) is 26.8 Å². The highest BCUT2D eigenvalue weighted by Crippen LogP contribution is 2.28. The lowest BCUT2D eigenvalue weighted by molar-refractivity contribution is -0.119. The Bertz CT molecular complexity index is 956. The predicted molar refractivity (Wildman–Crippen MR) is 104 cm³/mol. The van der Waals surface area contributed by atoms with Gasteiger partial charge in [-0.15, -0.1) is 0 Å². The van der Waals surface area contributed by atoms with Gasteiger partial charge in [0, 0.05) is 12.6 Å². The zero-order valence-electron chi connectivity index (χ0n) is 15.3. The summed E-state index contributed by atoms with van der Waals surface area (Å²) >= 11 is 0. The van der Waals surface area contributed by atoms with Gasteiger partial charge in [0.15, 0.2) is 0 Å². The lowest BCUT2D eigenvalue weighted by Crippen LogP contribution is -2.43. The summed E-state index contributed by atoms with van der Waals surface area (Å²) in [7, 11) is -4.04. The number of hydrazine groups is 1. The third-order valence-corrected chi connectivity index (χ3v) is 5.61. The van der Waals surface area contributed by atoms with Crippen LogP contribution in [0.15, 0.2) is 47.4 Å². The van der Waals surface area contributed by atoms with Crippen LogP contribution >= 0.6 is 0 Å². The molecule has 0 spiro atoms. The number of amides is 2. The molecule has 0 aliphatic heterocycles. The quantitative estimate of drug-likeness (QED) is 0.391. The van der Waals surface area contributed by atoms with Crippen molar-refractivity contribution in [2.75, 3.05) is 16.2 Å². The van der Waals surface area contributed by atoms with Crippen LogP contribution in [0.1, 0.15) is 18.1 Å². The first-order valence-electron chi connectivity index (χ1n) is 8.12. The van der Waals surface area contributed by atoms with Crippen LogP contribution < -0.4 is 20.9 Å². The van der Waals surface area contributed by atoms with Crippen molar-refractivity contribution in [2.45, 2.75) is 25.7 Å². The summed E-state index contributed by atoms with van der Waals surface area (Å²) in [5.74, 6) is 4.24. The number of nitrogens with zero attached hydrogens (tertiary/aromatic N) is 1. The van der Waals surface area contributed by atoms with Crippen LogP contribution in [0.5, 0.6) is 0 Å². The van der Waals surface area contributed by atoms with Crippen LogP contribution in [0.2, 0.25) is 0 Å². The van der Waals surface area contributed by atoms with Crippen LogP contribution in [0.3, 0.4) is 0 Å². The minimum atomic E-state index is -4.04. The Morgan fingerprint density at radius 1 is 1.07 bits per heavy atom. The molecule has 2 aromatic carbocycles. The molecule has 0 fully saturated rings. The molecule has 0 bridgehead atoms. The standard InChI is InChI=1S/C18H22N4O4S/c1-12-4-9-17(13(2)10-12)22(11-18(24)21-19)27(25,26)16-7-5-15(6-8-16)20-14(3)23/h4-10H,11,19H2,1-3H3,(H,20,23)(H,21,24). The normalized spacial score (nSPS) is 11.0. The van der Waals surface area contributed by atoms with Crippen molar-refractivity contribution in [2.24, 2.45) is 5.84 Å². The molecule has 2 amide bonds. The lowest BCUT2D eigenvalue weighted by atomic mass is 10.1. The van der Waals surface area contributed by atoms with E-state index in [1.54, 1.807) is 19.1 Å². The average molecular weight is 390 g/mol. The molecule has 27 heavy (non-hydrogen) atoms. The first-order chi connectivity index (χ1) is 12.6. The number of sulfonamides is 1. The Morgan fingerprint density at radius 3 is 2.22 bits per heavy atom. The van der Waals surface area contributed by atoms with E-state index in [-0.39, 0.29) is 10.8 Å². The van der Waals surface area contributed by atoms with Crippen LogP contribution in [0.4, 0.5) is 11.4 Å². The second-order valence-corrected chi connectivity index (χ2v) is 7.94. The molecular weight excluding hydrogens is 368 g/mol. The molecule has 9 heteroatoms. The van der Waals surface area contributed by atoms with E-state index in [0.717, 1.165) is 9.87 Å². The third-order valence-electron chi connectivity index (χ3n) is 3.83. The molecule has 0 saturated carbocycles. The highest BCUT2D eigenvalue weighted by Gasteiger charge is 2.28. The number of carbonyl (C=O) groups is 2. The summed E-state index contributed by atoms with van der Waals surface area (Å²) in [4.78, 5) is 22.9. The number of rotatable bonds is 6. The van der Waals surface area contributed by atoms with Gasteiger partial charge in [-0.05, 0) is 49.7 Å². The van der Waals surface area contributed by atoms with Gasteiger partial charge in [0.2, 0.25) is 5.91 Å². The van der Waals surface area contributed by atoms with Crippen molar-refractivity contribution in [3.63, 3.8) is 0 Å². The molecule has 0 aromatic heterocycles. The van der Waals surface area contributed by atoms with Gasteiger partial charge in [-0.3, -0.25) is 19.3 Å². The van der Waals surface area contributed by atoms with Gasteiger partial charge >= 0.3 is 0 Å². The zero-order valence-corrected chi connectivity index (χ0v) is 16.1. The van der Waals surface area contributed by atoms with Gasteiger partial charge in [0.25, 0.3) is 15.9 Å². The van der Waals surface area contributed by atoms with E-state index >= 15 is 0 Å². The largest absolute Gasteiger partial charge is 0.326 e. The van der Waals surface area contributed by atoms with E-state index in [9.17, 15) is 18.0 Å². The monoisotopic (exact) mass is 390 g/mol. The van der Waals surface area contributed by atoms with Crippen molar-refractivity contribution in [3.8, 4) is 0 Å². The Balaban J connectivity index is 2.49. The highest BCUT2D eigenvalue weighted by atomic mass is 32.2. The lowest BCUT2D eigenvalue weighted by Gasteiger charge is -2.25. The van der Waals surface area contributed by atoms with Crippen molar-refractivity contribution in [1.82, 2.24) is 5.43 Å². The number of carbonyl (C=O) groups excluding carboxylic acids is 2. The van der Waals surface area contributed by atoms with Crippen LogP contribution in [0, 0.1) is 13.8 Å². The van der Waals surface area contributed by atoms with Crippen molar-refractivity contribution < 1.29 is 18.0 Å². The van der Waals surface area contributed by atoms with Gasteiger partial charge in [-0.25, -0.2) is 14.3 Å². The summed E-state index contributed by atoms with van der Waals surface area (Å²) in [6.07, 6.45) is 0. The fraction of sp³-hybridized carbons (Fsp3) is 0.222. The number of hydrogen-bond donors (Lipinski definition) is 3. The van der Waals surface area contributed by atoms with E-state index in [2.05, 4.69) is 5.32 Å². The first-order valence-corrected chi connectivity index (χ1v) is 9.56. The van der Waals surface area contributed by atoms with Crippen LogP contribution in [-0.2, 0) is 19.6 Å². The maximum Gasteiger partial charge on any atom is 0.264 e. The van der Waals surface area contributed by atoms with Gasteiger partial charge in [-0.1, -0.05) is 17.7 Å². The number of hydrogen-bond acceptors (Lipinski definition) is 5. The van der Waals surface area contributed by atoms with Crippen molar-refractivity contribution in [1.29, 1.82) is 0 Å². The fourth-order valence-corrected chi connectivity index (χ4v) is 4.09. The minimum absolute atomic E-state index is 0.0126. The zero-order chi connectivity index (χ0) is 20.2. The van der Waals surface area contributed by atoms with Crippen LogP contribution in [0.25, 0.3) is 0 Å². The smallest absolute Gasteiger partial charge is 0.264 e. The van der Waals surface area contributed by atoms with Gasteiger partial charge in [-0.2, -0.15) is 0 Å². The molecule has 0 unspecified atom stereocenters. The molecule has 4 N–H and O–H groups in total. The predicted octanol–water partition coefficient (Wildman–Crippen LogP) is 1.45. The maximum atomic E-state index is 13.2. The average Bonchev–Trinajstić information content (AvgIpc) is 2.60. The Hall–Kier alpha value is -2.91. The van der Waals surface area contributed by atoms with Gasteiger partial charge in [0.1, 0.15) is 6.54 Å². The Kier molecular flexibility index (Phi) is 6.19. The van der Waals surface area contributed by atoms with Crippen molar-refractivity contribution >= 4 is 33.2 Å². The molecule has 2 rings (SSSR count). The summed E-state index contributed by atoms with van der Waals surface area (Å²) in [5, 5.41) is 2.57. The topological polar surface area (TPSA) is 122 Å². The van der Waals surface area contributed by atoms with E-state index in [4.69, 9.17) is 5.84 Å². The van der Waals surface area contributed by atoms with E-state index in [1.165, 1.54) is 31.2 Å². The number of nitrogens with one attached hydrogen (secondary N) is 2. The molecule has 0 aliphatic rings. The van der Waals surface area contributed by atoms with Gasteiger partial charge in [0.05, 0.1) is 10.6 Å². The summed E-state index contributed by atoms with van der Waals surface area (Å²) in [6, 6.07) is 11.0. The molecule has 2 aromatic rings. The Morgan fingerprint density at radius 2 is 1.70 bits per heavy atom. The molecule has 144 valence electrons. The second-order valence-electron chi connectivity index (χ2n) is 6.07. The number of aryl methyl sites for hydroxylation is 2. The molecule has 8 nitrogen and oxygen atoms in total. The molecule has 0 atom stereocenters. The summed E-state index contributed by atoms with van der Waals surface area (Å²) in [5.41, 5.74) is 4.49. The summed E-state index contributed by atoms with van der Waals surface area (Å²) in [6.45, 7) is 4.56. The molecule has 0 aliphatic carbocycles.